The Labute approximate surface area is 168 Å². The predicted molar refractivity (Wildman–Crippen MR) is 104 cm³/mol. The largest absolute Gasteiger partial charge is 0.478 e. The van der Waals surface area contributed by atoms with Gasteiger partial charge in [-0.3, -0.25) is 10.0 Å². The third-order valence-corrected chi connectivity index (χ3v) is 5.94. The number of carboxylic acid groups (broad SMARTS) is 1. The molecule has 0 aliphatic carbocycles. The van der Waals surface area contributed by atoms with Crippen LogP contribution in [0.2, 0.25) is 0 Å². The number of hydrogen-bond acceptors (Lipinski definition) is 7. The van der Waals surface area contributed by atoms with Crippen LogP contribution in [0.4, 0.5) is 20.0 Å². The summed E-state index contributed by atoms with van der Waals surface area (Å²) in [5.74, 6) is -2.55. The smallest absolute Gasteiger partial charge is 0.413 e. The number of sulfonamides is 1. The average molecular weight is 439 g/mol. The van der Waals surface area contributed by atoms with Crippen LogP contribution in [0.3, 0.4) is 0 Å². The molecule has 29 heavy (non-hydrogen) atoms. The molecular weight excluding hydrogens is 425 g/mol. The van der Waals surface area contributed by atoms with E-state index in [1.165, 1.54) is 18.2 Å². The van der Waals surface area contributed by atoms with Crippen LogP contribution in [0.25, 0.3) is 10.2 Å². The van der Waals surface area contributed by atoms with Crippen molar-refractivity contribution in [3.8, 4) is 0 Å². The summed E-state index contributed by atoms with van der Waals surface area (Å²) in [5, 5.41) is 11.6. The highest BCUT2D eigenvalue weighted by Gasteiger charge is 2.21. The number of anilines is 2. The predicted octanol–water partition coefficient (Wildman–Crippen LogP) is 3.50. The van der Waals surface area contributed by atoms with E-state index in [-0.39, 0.29) is 23.0 Å². The first-order valence-corrected chi connectivity index (χ1v) is 10.4. The number of hydrogen-bond donors (Lipinski definition) is 3. The van der Waals surface area contributed by atoms with E-state index in [0.717, 1.165) is 23.5 Å². The van der Waals surface area contributed by atoms with Crippen LogP contribution in [0, 0.1) is 5.82 Å². The summed E-state index contributed by atoms with van der Waals surface area (Å²) in [6, 6.07) is 6.95. The summed E-state index contributed by atoms with van der Waals surface area (Å²) in [7, 11) is -4.30. The van der Waals surface area contributed by atoms with Crippen LogP contribution in [-0.4, -0.2) is 37.2 Å². The molecule has 2 aromatic carbocycles. The zero-order valence-electron chi connectivity index (χ0n) is 14.8. The number of carbonyl (C=O) groups is 2. The Hall–Kier alpha value is -3.25. The van der Waals surface area contributed by atoms with Gasteiger partial charge in [0.25, 0.3) is 10.0 Å². The van der Waals surface area contributed by atoms with Crippen molar-refractivity contribution in [2.24, 2.45) is 0 Å². The zero-order chi connectivity index (χ0) is 21.2. The number of rotatable bonds is 6. The minimum atomic E-state index is -4.30. The zero-order valence-corrected chi connectivity index (χ0v) is 16.4. The van der Waals surface area contributed by atoms with Crippen molar-refractivity contribution in [2.75, 3.05) is 16.6 Å². The lowest BCUT2D eigenvalue weighted by Crippen LogP contribution is -2.15. The van der Waals surface area contributed by atoms with Crippen molar-refractivity contribution in [3.05, 3.63) is 47.8 Å². The van der Waals surface area contributed by atoms with E-state index in [0.29, 0.717) is 16.3 Å². The van der Waals surface area contributed by atoms with Gasteiger partial charge in [0.1, 0.15) is 10.7 Å². The molecule has 0 bridgehead atoms. The van der Waals surface area contributed by atoms with Crippen LogP contribution in [0.5, 0.6) is 0 Å². The second-order valence-electron chi connectivity index (χ2n) is 5.60. The van der Waals surface area contributed by atoms with E-state index < -0.39 is 32.8 Å². The second kappa shape index (κ2) is 8.01. The number of carboxylic acids is 1. The van der Waals surface area contributed by atoms with Crippen molar-refractivity contribution in [2.45, 2.75) is 11.8 Å². The van der Waals surface area contributed by atoms with Crippen molar-refractivity contribution in [3.63, 3.8) is 0 Å². The van der Waals surface area contributed by atoms with Gasteiger partial charge in [-0.05, 0) is 43.3 Å². The number of nitrogens with zero attached hydrogens (tertiary/aromatic N) is 1. The van der Waals surface area contributed by atoms with Gasteiger partial charge in [-0.15, -0.1) is 0 Å². The van der Waals surface area contributed by atoms with Crippen LogP contribution in [0.15, 0.2) is 41.3 Å². The standard InChI is InChI=1S/C17H14FN3O6S2/c1-2-27-17(24)20-16-19-12-5-4-10(8-13(12)28-16)21-29(25,26)14-6-3-9(15(22)23)7-11(14)18/h3-8,21H,2H2,1H3,(H,22,23)(H,19,20,24). The highest BCUT2D eigenvalue weighted by Crippen LogP contribution is 2.29. The molecule has 0 aliphatic heterocycles. The van der Waals surface area contributed by atoms with Gasteiger partial charge in [-0.25, -0.2) is 27.4 Å². The first-order chi connectivity index (χ1) is 13.7. The van der Waals surface area contributed by atoms with Crippen molar-refractivity contribution < 1.29 is 32.2 Å². The summed E-state index contributed by atoms with van der Waals surface area (Å²) < 4.78 is 46.6. The molecule has 3 rings (SSSR count). The van der Waals surface area contributed by atoms with Gasteiger partial charge in [0.15, 0.2) is 5.13 Å². The molecule has 1 aromatic heterocycles. The normalized spacial score (nSPS) is 11.2. The number of thiazole rings is 1. The molecule has 152 valence electrons. The third-order valence-electron chi connectivity index (χ3n) is 3.59. The van der Waals surface area contributed by atoms with Gasteiger partial charge < -0.3 is 9.84 Å². The fraction of sp³-hybridized carbons (Fsp3) is 0.118. The lowest BCUT2D eigenvalue weighted by atomic mass is 10.2. The van der Waals surface area contributed by atoms with Gasteiger partial charge in [-0.2, -0.15) is 0 Å². The highest BCUT2D eigenvalue weighted by atomic mass is 32.2. The molecule has 0 saturated carbocycles. The average Bonchev–Trinajstić information content (AvgIpc) is 3.02. The Bertz CT molecular complexity index is 1210. The minimum Gasteiger partial charge on any atom is -0.478 e. The fourth-order valence-corrected chi connectivity index (χ4v) is 4.36. The number of halogens is 1. The van der Waals surface area contributed by atoms with E-state index in [9.17, 15) is 22.4 Å². The summed E-state index contributed by atoms with van der Waals surface area (Å²) in [4.78, 5) is 25.8. The number of benzene rings is 2. The van der Waals surface area contributed by atoms with Gasteiger partial charge >= 0.3 is 12.1 Å². The van der Waals surface area contributed by atoms with E-state index in [2.05, 4.69) is 15.0 Å². The molecule has 0 aliphatic rings. The van der Waals surface area contributed by atoms with Crippen LogP contribution in [-0.2, 0) is 14.8 Å². The van der Waals surface area contributed by atoms with Crippen molar-refractivity contribution >= 4 is 54.5 Å². The summed E-state index contributed by atoms with van der Waals surface area (Å²) >= 11 is 1.10. The molecule has 1 heterocycles. The molecular formula is C17H14FN3O6S2. The van der Waals surface area contributed by atoms with E-state index in [1.807, 2.05) is 0 Å². The lowest BCUT2D eigenvalue weighted by Gasteiger charge is -2.09. The first-order valence-electron chi connectivity index (χ1n) is 8.09. The summed E-state index contributed by atoms with van der Waals surface area (Å²) in [5.41, 5.74) is 0.293. The van der Waals surface area contributed by atoms with Crippen molar-refractivity contribution in [1.29, 1.82) is 0 Å². The maximum atomic E-state index is 14.1. The molecule has 0 unspecified atom stereocenters. The van der Waals surface area contributed by atoms with Gasteiger partial charge in [-0.1, -0.05) is 11.3 Å². The number of nitrogens with one attached hydrogen (secondary N) is 2. The molecule has 9 nitrogen and oxygen atoms in total. The molecule has 0 spiro atoms. The summed E-state index contributed by atoms with van der Waals surface area (Å²) in [6.07, 6.45) is -0.659. The first kappa shape index (κ1) is 20.5. The number of ether oxygens (including phenoxy) is 1. The minimum absolute atomic E-state index is 0.144. The number of carbonyl (C=O) groups excluding carboxylic acids is 1. The van der Waals surface area contributed by atoms with Gasteiger partial charge in [0, 0.05) is 0 Å². The number of aromatic carboxylic acids is 1. The number of amides is 1. The third kappa shape index (κ3) is 4.60. The maximum Gasteiger partial charge on any atom is 0.413 e. The lowest BCUT2D eigenvalue weighted by molar-refractivity contribution is 0.0696. The fourth-order valence-electron chi connectivity index (χ4n) is 2.36. The second-order valence-corrected chi connectivity index (χ2v) is 8.28. The topological polar surface area (TPSA) is 135 Å². The van der Waals surface area contributed by atoms with E-state index in [1.54, 1.807) is 6.92 Å². The Morgan fingerprint density at radius 3 is 2.66 bits per heavy atom. The molecule has 12 heteroatoms. The molecule has 0 atom stereocenters. The quantitative estimate of drug-likeness (QED) is 0.535. The highest BCUT2D eigenvalue weighted by molar-refractivity contribution is 7.92. The molecule has 3 N–H and O–H groups in total. The number of aromatic nitrogens is 1. The summed E-state index contributed by atoms with van der Waals surface area (Å²) in [6.45, 7) is 1.86. The SMILES string of the molecule is CCOC(=O)Nc1nc2ccc(NS(=O)(=O)c3ccc(C(=O)O)cc3F)cc2s1. The van der Waals surface area contributed by atoms with E-state index >= 15 is 0 Å². The van der Waals surface area contributed by atoms with Crippen LogP contribution < -0.4 is 10.0 Å². The number of fused-ring (bicyclic) bond motifs is 1. The molecule has 1 amide bonds. The Kier molecular flexibility index (Phi) is 5.66. The van der Waals surface area contributed by atoms with Crippen LogP contribution >= 0.6 is 11.3 Å². The Morgan fingerprint density at radius 2 is 2.00 bits per heavy atom. The monoisotopic (exact) mass is 439 g/mol. The van der Waals surface area contributed by atoms with Gasteiger partial charge in [0.2, 0.25) is 0 Å². The molecule has 3 aromatic rings. The molecule has 0 fully saturated rings. The maximum absolute atomic E-state index is 14.1. The molecule has 0 saturated heterocycles. The Balaban J connectivity index is 1.85. The van der Waals surface area contributed by atoms with Gasteiger partial charge in [0.05, 0.1) is 28.1 Å². The van der Waals surface area contributed by atoms with E-state index in [4.69, 9.17) is 9.84 Å². The van der Waals surface area contributed by atoms with Crippen LogP contribution in [0.1, 0.15) is 17.3 Å². The molecule has 0 radical (unpaired) electrons. The Morgan fingerprint density at radius 1 is 1.24 bits per heavy atom. The van der Waals surface area contributed by atoms with Crippen molar-refractivity contribution in [1.82, 2.24) is 4.98 Å².